The van der Waals surface area contributed by atoms with E-state index in [1.165, 1.54) is 30.3 Å². The Morgan fingerprint density at radius 1 is 1.11 bits per heavy atom. The van der Waals surface area contributed by atoms with Crippen molar-refractivity contribution in [1.29, 1.82) is 0 Å². The van der Waals surface area contributed by atoms with Crippen molar-refractivity contribution in [2.45, 2.75) is 25.6 Å². The molecule has 0 radical (unpaired) electrons. The number of benzene rings is 2. The smallest absolute Gasteiger partial charge is 0.432 e. The van der Waals surface area contributed by atoms with Gasteiger partial charge in [-0.05, 0) is 37.6 Å². The van der Waals surface area contributed by atoms with Crippen molar-refractivity contribution in [2.24, 2.45) is 0 Å². The molecule has 1 aromatic heterocycles. The Labute approximate surface area is 204 Å². The third kappa shape index (κ3) is 5.73. The Morgan fingerprint density at radius 2 is 1.74 bits per heavy atom. The fourth-order valence-electron chi connectivity index (χ4n) is 3.25. The summed E-state index contributed by atoms with van der Waals surface area (Å²) in [6.45, 7) is 2.38. The highest BCUT2D eigenvalue weighted by Crippen LogP contribution is 2.43. The summed E-state index contributed by atoms with van der Waals surface area (Å²) in [7, 11) is -3.95. The number of carbonyl (C=O) groups is 1. The molecule has 1 heterocycles. The van der Waals surface area contributed by atoms with Gasteiger partial charge in [-0.1, -0.05) is 41.9 Å². The Morgan fingerprint density at radius 3 is 2.29 bits per heavy atom. The van der Waals surface area contributed by atoms with E-state index in [4.69, 9.17) is 16.3 Å². The Hall–Kier alpha value is -3.18. The lowest BCUT2D eigenvalue weighted by Crippen LogP contribution is -2.45. The van der Waals surface area contributed by atoms with Gasteiger partial charge in [-0.2, -0.15) is 13.2 Å². The molecule has 0 saturated heterocycles. The van der Waals surface area contributed by atoms with E-state index in [1.54, 1.807) is 17.7 Å². The van der Waals surface area contributed by atoms with Crippen LogP contribution in [0.5, 0.6) is 5.88 Å². The van der Waals surface area contributed by atoms with E-state index in [-0.39, 0.29) is 21.7 Å². The van der Waals surface area contributed by atoms with Crippen molar-refractivity contribution < 1.29 is 35.5 Å². The van der Waals surface area contributed by atoms with E-state index in [1.807, 2.05) is 0 Å². The molecule has 2 aromatic carbocycles. The number of rotatable bonds is 6. The van der Waals surface area contributed by atoms with Crippen molar-refractivity contribution in [2.75, 3.05) is 6.26 Å². The molecule has 1 atom stereocenters. The first kappa shape index (κ1) is 26.4. The monoisotopic (exact) mass is 530 g/mol. The Balaban J connectivity index is 2.03. The molecule has 0 saturated carbocycles. The molecular weight excluding hydrogens is 512 g/mol. The molecule has 3 aromatic rings. The molecule has 0 unspecified atom stereocenters. The molecular formula is C23H19ClF4N2O4S. The number of carbonyl (C=O) groups excluding carboxylic acids is 1. The van der Waals surface area contributed by atoms with Crippen LogP contribution < -0.4 is 9.46 Å². The number of hydrogen-bond acceptors (Lipinski definition) is 5. The normalized spacial score (nSPS) is 13.7. The van der Waals surface area contributed by atoms with Gasteiger partial charge in [0.25, 0.3) is 5.91 Å². The van der Waals surface area contributed by atoms with Gasteiger partial charge in [-0.25, -0.2) is 22.5 Å². The zero-order valence-corrected chi connectivity index (χ0v) is 20.1. The molecule has 0 aliphatic carbocycles. The van der Waals surface area contributed by atoms with E-state index in [0.717, 1.165) is 31.5 Å². The molecule has 1 N–H and O–H groups in total. The van der Waals surface area contributed by atoms with Crippen molar-refractivity contribution in [1.82, 2.24) is 9.71 Å². The minimum atomic E-state index is -4.83. The lowest BCUT2D eigenvalue weighted by molar-refractivity contribution is -0.248. The summed E-state index contributed by atoms with van der Waals surface area (Å²) in [5, 5.41) is -0.336. The first-order valence-corrected chi connectivity index (χ1v) is 12.2. The van der Waals surface area contributed by atoms with Crippen LogP contribution in [0.1, 0.15) is 28.4 Å². The predicted octanol–water partition coefficient (Wildman–Crippen LogP) is 5.40. The minimum Gasteiger partial charge on any atom is -0.456 e. The minimum absolute atomic E-state index is 0.0328. The molecule has 12 heteroatoms. The number of halogens is 5. The van der Waals surface area contributed by atoms with Crippen LogP contribution in [0.4, 0.5) is 17.6 Å². The number of pyridine rings is 1. The second-order valence-electron chi connectivity index (χ2n) is 7.89. The second-order valence-corrected chi connectivity index (χ2v) is 10.0. The fraction of sp³-hybridized carbons (Fsp3) is 0.217. The molecule has 6 nitrogen and oxygen atoms in total. The van der Waals surface area contributed by atoms with Gasteiger partial charge in [0.2, 0.25) is 21.5 Å². The molecule has 186 valence electrons. The Kier molecular flexibility index (Phi) is 7.14. The summed E-state index contributed by atoms with van der Waals surface area (Å²) in [6.07, 6.45) is -3.05. The lowest BCUT2D eigenvalue weighted by Gasteiger charge is -2.32. The third-order valence-electron chi connectivity index (χ3n) is 5.02. The summed E-state index contributed by atoms with van der Waals surface area (Å²) in [4.78, 5) is 16.1. The number of nitrogens with zero attached hydrogens (tertiary/aromatic N) is 1. The quantitative estimate of drug-likeness (QED) is 0.432. The highest BCUT2D eigenvalue weighted by Gasteiger charge is 2.55. The molecule has 0 aliphatic rings. The number of ether oxygens (including phenoxy) is 1. The largest absolute Gasteiger partial charge is 0.456 e. The van der Waals surface area contributed by atoms with Crippen LogP contribution in [0.3, 0.4) is 0 Å². The number of nitrogens with one attached hydrogen (secondary N) is 1. The zero-order chi connectivity index (χ0) is 26.2. The summed E-state index contributed by atoms with van der Waals surface area (Å²) < 4.78 is 86.7. The number of sulfonamides is 1. The van der Waals surface area contributed by atoms with Crippen LogP contribution in [0.15, 0.2) is 54.7 Å². The number of alkyl halides is 3. The molecule has 0 spiro atoms. The molecule has 35 heavy (non-hydrogen) atoms. The zero-order valence-electron chi connectivity index (χ0n) is 18.6. The second kappa shape index (κ2) is 9.46. The Bertz CT molecular complexity index is 1380. The van der Waals surface area contributed by atoms with Gasteiger partial charge >= 0.3 is 6.18 Å². The van der Waals surface area contributed by atoms with Crippen LogP contribution in [-0.4, -0.2) is 31.7 Å². The van der Waals surface area contributed by atoms with Gasteiger partial charge in [-0.15, -0.1) is 0 Å². The van der Waals surface area contributed by atoms with E-state index >= 15 is 4.39 Å². The number of amides is 1. The van der Waals surface area contributed by atoms with E-state index in [2.05, 4.69) is 4.98 Å². The molecule has 1 amide bonds. The van der Waals surface area contributed by atoms with E-state index < -0.39 is 45.0 Å². The highest BCUT2D eigenvalue weighted by molar-refractivity contribution is 7.89. The van der Waals surface area contributed by atoms with Crippen LogP contribution in [0.2, 0.25) is 5.02 Å². The maximum absolute atomic E-state index is 15.1. The predicted molar refractivity (Wildman–Crippen MR) is 122 cm³/mol. The van der Waals surface area contributed by atoms with Crippen LogP contribution in [0.25, 0.3) is 11.1 Å². The first-order chi connectivity index (χ1) is 16.1. The average molecular weight is 531 g/mol. The summed E-state index contributed by atoms with van der Waals surface area (Å²) in [6, 6.07) is 10.6. The van der Waals surface area contributed by atoms with Crippen molar-refractivity contribution in [3.8, 4) is 17.0 Å². The van der Waals surface area contributed by atoms with Gasteiger partial charge in [0, 0.05) is 22.9 Å². The first-order valence-electron chi connectivity index (χ1n) is 9.92. The van der Waals surface area contributed by atoms with Crippen molar-refractivity contribution in [3.63, 3.8) is 0 Å². The molecule has 0 bridgehead atoms. The van der Waals surface area contributed by atoms with E-state index in [0.29, 0.717) is 5.56 Å². The number of hydrogen-bond donors (Lipinski definition) is 1. The van der Waals surface area contributed by atoms with Gasteiger partial charge in [0.15, 0.2) is 0 Å². The topological polar surface area (TPSA) is 85.4 Å². The SMILES string of the molecule is Cc1cc(C(=O)NS(C)(=O)=O)c(F)c(-c2cnc(O[C@@](C)(c3ccccc3)C(F)(F)F)c(Cl)c2)c1. The van der Waals surface area contributed by atoms with E-state index in [9.17, 15) is 26.4 Å². The van der Waals surface area contributed by atoms with Crippen molar-refractivity contribution in [3.05, 3.63) is 82.3 Å². The number of aryl methyl sites for hydroxylation is 1. The third-order valence-corrected chi connectivity index (χ3v) is 5.85. The molecule has 0 fully saturated rings. The average Bonchev–Trinajstić information content (AvgIpc) is 2.75. The molecule has 3 rings (SSSR count). The summed E-state index contributed by atoms with van der Waals surface area (Å²) in [5.74, 6) is -2.78. The molecule has 0 aliphatic heterocycles. The summed E-state index contributed by atoms with van der Waals surface area (Å²) >= 11 is 6.17. The summed E-state index contributed by atoms with van der Waals surface area (Å²) in [5.41, 5.74) is -3.23. The van der Waals surface area contributed by atoms with Gasteiger partial charge in [0.05, 0.1) is 11.8 Å². The van der Waals surface area contributed by atoms with Crippen LogP contribution in [-0.2, 0) is 15.6 Å². The van der Waals surface area contributed by atoms with Gasteiger partial charge in [0.1, 0.15) is 10.8 Å². The standard InChI is InChI=1S/C23H19ClF4N2O4S/c1-13-9-16(19(25)17(10-13)20(31)30-35(3,32)33)14-11-18(24)21(29-12-14)34-22(2,23(26,27)28)15-7-5-4-6-8-15/h4-12H,1-3H3,(H,30,31)/t22-/m0/s1. The lowest BCUT2D eigenvalue weighted by atomic mass is 9.95. The van der Waals surface area contributed by atoms with Crippen LogP contribution in [0, 0.1) is 12.7 Å². The number of aromatic nitrogens is 1. The van der Waals surface area contributed by atoms with Crippen molar-refractivity contribution >= 4 is 27.5 Å². The maximum atomic E-state index is 15.1. The van der Waals surface area contributed by atoms with Gasteiger partial charge in [-0.3, -0.25) is 4.79 Å². The van der Waals surface area contributed by atoms with Crippen LogP contribution >= 0.6 is 11.6 Å². The van der Waals surface area contributed by atoms with Gasteiger partial charge < -0.3 is 4.74 Å². The highest BCUT2D eigenvalue weighted by atomic mass is 35.5. The maximum Gasteiger partial charge on any atom is 0.432 e. The fourth-order valence-corrected chi connectivity index (χ4v) is 3.90.